The second kappa shape index (κ2) is 18.1. The fourth-order valence-corrected chi connectivity index (χ4v) is 8.75. The van der Waals surface area contributed by atoms with E-state index in [-0.39, 0.29) is 61.0 Å². The summed E-state index contributed by atoms with van der Waals surface area (Å²) < 4.78 is 13.7. The summed E-state index contributed by atoms with van der Waals surface area (Å²) in [5, 5.41) is 15.2. The number of hydrogen-bond donors (Lipinski definition) is 3. The highest BCUT2D eigenvalue weighted by atomic mass is 127. The predicted octanol–water partition coefficient (Wildman–Crippen LogP) is 5.01. The summed E-state index contributed by atoms with van der Waals surface area (Å²) >= 11 is 0. The van der Waals surface area contributed by atoms with Crippen LogP contribution in [0.2, 0.25) is 0 Å². The van der Waals surface area contributed by atoms with Crippen molar-refractivity contribution >= 4 is 29.0 Å². The largest absolute Gasteiger partial charge is 1.00 e. The number of primary amides is 1. The number of pyridine rings is 1. The summed E-state index contributed by atoms with van der Waals surface area (Å²) in [4.78, 5) is 40.5. The van der Waals surface area contributed by atoms with Gasteiger partial charge in [-0.2, -0.15) is 4.57 Å². The van der Waals surface area contributed by atoms with Crippen LogP contribution in [0, 0.1) is 11.8 Å². The lowest BCUT2D eigenvalue weighted by molar-refractivity contribution is -0.727. The van der Waals surface area contributed by atoms with Crippen molar-refractivity contribution in [2.45, 2.75) is 113 Å². The molecule has 0 spiro atoms. The third kappa shape index (κ3) is 8.40. The van der Waals surface area contributed by atoms with Crippen molar-refractivity contribution in [1.82, 2.24) is 5.32 Å². The molecule has 2 unspecified atom stereocenters. The first-order valence-electron chi connectivity index (χ1n) is 20.4. The zero-order valence-corrected chi connectivity index (χ0v) is 36.8. The van der Waals surface area contributed by atoms with Gasteiger partial charge in [0.25, 0.3) is 12.6 Å². The Kier molecular flexibility index (Phi) is 13.4. The molecule has 1 aliphatic carbocycles. The molecule has 1 aromatic rings. The molecule has 0 saturated carbocycles. The van der Waals surface area contributed by atoms with E-state index in [2.05, 4.69) is 65.1 Å². The van der Waals surface area contributed by atoms with Gasteiger partial charge in [-0.15, -0.1) is 0 Å². The van der Waals surface area contributed by atoms with Crippen molar-refractivity contribution in [3.63, 3.8) is 0 Å². The van der Waals surface area contributed by atoms with E-state index in [0.29, 0.717) is 30.8 Å². The second-order valence-electron chi connectivity index (χ2n) is 15.8. The number of nitrogens with one attached hydrogen (secondary N) is 1. The second-order valence-corrected chi connectivity index (χ2v) is 15.8. The number of carbonyl (C=O) groups excluding carboxylic acids is 2. The number of hydrogen-bond acceptors (Lipinski definition) is 9. The lowest BCUT2D eigenvalue weighted by atomic mass is 9.86. The van der Waals surface area contributed by atoms with E-state index in [0.717, 1.165) is 104 Å². The molecular weight excluding hydrogens is 843 g/mol. The SMILES string of the molecule is CCCCCCOC(C)C1=C(C)C2=NC1=CC1=NC(=CC3=C(C)C4=C(O)CC(=C5NC(=C2)C(C)[C@@H]5CCC(=O)OC[n+]2cccc(C(N)=O)c2)C4=N3)C(CC)=C1C.[I-]. The first-order valence-corrected chi connectivity index (χ1v) is 20.4. The van der Waals surface area contributed by atoms with Crippen LogP contribution in [0.5, 0.6) is 0 Å². The van der Waals surface area contributed by atoms with Gasteiger partial charge in [0.1, 0.15) is 11.3 Å². The average Bonchev–Trinajstić information content (AvgIpc) is 3.95. The number of aliphatic hydroxyl groups excluding tert-OH is 1. The first kappa shape index (κ1) is 42.9. The smallest absolute Gasteiger partial charge is 0.310 e. The zero-order valence-electron chi connectivity index (χ0n) is 34.7. The topological polar surface area (TPSA) is 152 Å². The highest BCUT2D eigenvalue weighted by molar-refractivity contribution is 6.21. The zero-order chi connectivity index (χ0) is 40.5. The minimum absolute atomic E-state index is 0. The number of nitrogens with zero attached hydrogens (tertiary/aromatic N) is 4. The number of unbranched alkanes of at least 4 members (excludes halogenated alkanes) is 3. The number of aliphatic hydroxyl groups is 1. The highest BCUT2D eigenvalue weighted by Crippen LogP contribution is 2.46. The molecule has 8 bridgehead atoms. The van der Waals surface area contributed by atoms with Crippen molar-refractivity contribution in [3.8, 4) is 0 Å². The fraction of sp³-hybridized carbons (Fsp3) is 0.435. The summed E-state index contributed by atoms with van der Waals surface area (Å²) in [6.45, 7) is 15.6. The lowest BCUT2D eigenvalue weighted by Gasteiger charge is -2.17. The van der Waals surface area contributed by atoms with Gasteiger partial charge >= 0.3 is 5.97 Å². The summed E-state index contributed by atoms with van der Waals surface area (Å²) in [6.07, 6.45) is 15.8. The monoisotopic (exact) mass is 898 g/mol. The number of nitrogens with two attached hydrogens (primary N) is 1. The van der Waals surface area contributed by atoms with Crippen LogP contribution in [-0.4, -0.2) is 46.8 Å². The molecule has 1 aromatic heterocycles. The molecule has 6 heterocycles. The number of halogens is 1. The van der Waals surface area contributed by atoms with Crippen molar-refractivity contribution in [2.75, 3.05) is 6.61 Å². The standard InChI is InChI=1S/C46H54N6O5.HI/c1-8-10-11-12-18-56-29(7)42-27(5)36-20-35-26(4)32(15-16-41(54)57-24-52-17-13-14-30(23-52)46(47)55)44(50-35)33-19-40(53)43-28(6)37(51-45(33)43)21-38-31(9-2)25(3)34(48-38)22-39(42)49-36;/h13-14,17,20-23,26,29,32H,8-12,15-16,18-19,24H2,1-7H3,(H3-,47,48,49,50,51,53,55);1H/t26?,29?,32-;/m0./s1. The van der Waals surface area contributed by atoms with Gasteiger partial charge in [-0.05, 0) is 93.5 Å². The Morgan fingerprint density at radius 1 is 1.02 bits per heavy atom. The number of ether oxygens (including phenoxy) is 2. The maximum Gasteiger partial charge on any atom is 0.310 e. The maximum absolute atomic E-state index is 13.2. The normalized spacial score (nSPS) is 21.4. The van der Waals surface area contributed by atoms with Crippen LogP contribution >= 0.6 is 0 Å². The minimum atomic E-state index is -0.552. The van der Waals surface area contributed by atoms with Crippen LogP contribution in [-0.2, 0) is 21.0 Å². The van der Waals surface area contributed by atoms with E-state index in [4.69, 9.17) is 30.2 Å². The highest BCUT2D eigenvalue weighted by Gasteiger charge is 2.41. The molecule has 7 rings (SSSR count). The Labute approximate surface area is 358 Å². The van der Waals surface area contributed by atoms with Gasteiger partial charge in [-0.25, -0.2) is 15.0 Å². The quantitative estimate of drug-likeness (QED) is 0.103. The van der Waals surface area contributed by atoms with Crippen molar-refractivity contribution in [3.05, 3.63) is 122 Å². The molecule has 306 valence electrons. The Bertz CT molecular complexity index is 2280. The summed E-state index contributed by atoms with van der Waals surface area (Å²) in [7, 11) is 0. The molecule has 5 aliphatic heterocycles. The van der Waals surface area contributed by atoms with E-state index >= 15 is 0 Å². The number of aromatic nitrogens is 1. The number of amides is 1. The van der Waals surface area contributed by atoms with Crippen LogP contribution in [0.3, 0.4) is 0 Å². The predicted molar refractivity (Wildman–Crippen MR) is 222 cm³/mol. The van der Waals surface area contributed by atoms with Gasteiger partial charge in [-0.3, -0.25) is 9.59 Å². The van der Waals surface area contributed by atoms with Crippen LogP contribution in [0.15, 0.2) is 131 Å². The molecule has 4 N–H and O–H groups in total. The van der Waals surface area contributed by atoms with Gasteiger partial charge in [0.2, 0.25) is 0 Å². The van der Waals surface area contributed by atoms with Gasteiger partial charge < -0.3 is 49.6 Å². The molecule has 58 heavy (non-hydrogen) atoms. The van der Waals surface area contributed by atoms with Crippen LogP contribution < -0.4 is 39.6 Å². The third-order valence-electron chi connectivity index (χ3n) is 12.0. The van der Waals surface area contributed by atoms with E-state index in [1.165, 1.54) is 12.8 Å². The molecule has 6 aliphatic rings. The van der Waals surface area contributed by atoms with E-state index < -0.39 is 5.91 Å². The summed E-state index contributed by atoms with van der Waals surface area (Å²) in [5.74, 6) is -0.725. The fourth-order valence-electron chi connectivity index (χ4n) is 8.75. The Morgan fingerprint density at radius 3 is 2.52 bits per heavy atom. The molecule has 11 nitrogen and oxygen atoms in total. The molecule has 1 amide bonds. The average molecular weight is 899 g/mol. The van der Waals surface area contributed by atoms with Gasteiger partial charge in [0.15, 0.2) is 12.4 Å². The number of allylic oxidation sites excluding steroid dienone is 11. The van der Waals surface area contributed by atoms with Crippen molar-refractivity contribution < 1.29 is 52.7 Å². The molecular formula is C46H55IN6O5. The molecule has 0 aromatic carbocycles. The number of esters is 1. The summed E-state index contributed by atoms with van der Waals surface area (Å²) in [5.41, 5.74) is 19.7. The number of carbonyl (C=O) groups is 2. The van der Waals surface area contributed by atoms with E-state index in [1.807, 2.05) is 6.92 Å². The number of fused-ring (bicyclic) bond motifs is 5. The van der Waals surface area contributed by atoms with E-state index in [1.54, 1.807) is 29.1 Å². The molecule has 1 saturated heterocycles. The van der Waals surface area contributed by atoms with Gasteiger partial charge in [0.05, 0.1) is 40.3 Å². The van der Waals surface area contributed by atoms with Crippen molar-refractivity contribution in [2.24, 2.45) is 32.5 Å². The van der Waals surface area contributed by atoms with Crippen LogP contribution in [0.25, 0.3) is 0 Å². The minimum Gasteiger partial charge on any atom is -1.00 e. The van der Waals surface area contributed by atoms with Crippen molar-refractivity contribution in [1.29, 1.82) is 0 Å². The summed E-state index contributed by atoms with van der Waals surface area (Å²) in [6, 6.07) is 3.30. The van der Waals surface area contributed by atoms with Gasteiger partial charge in [0, 0.05) is 65.5 Å². The Balaban J connectivity index is 0.00000567. The van der Waals surface area contributed by atoms with E-state index in [9.17, 15) is 14.7 Å². The third-order valence-corrected chi connectivity index (χ3v) is 12.0. The molecule has 3 atom stereocenters. The maximum atomic E-state index is 13.2. The number of rotatable bonds is 14. The Morgan fingerprint density at radius 2 is 1.78 bits per heavy atom. The lowest BCUT2D eigenvalue weighted by Crippen LogP contribution is -3.00. The molecule has 0 radical (unpaired) electrons. The number of aliphatic imine (C=N–C) groups is 3. The Hall–Kier alpha value is -4.69. The van der Waals surface area contributed by atoms with Crippen LogP contribution in [0.4, 0.5) is 0 Å². The molecule has 1 fully saturated rings. The first-order chi connectivity index (χ1) is 27.4. The van der Waals surface area contributed by atoms with Gasteiger partial charge in [-0.1, -0.05) is 40.0 Å². The molecule has 12 heteroatoms. The van der Waals surface area contributed by atoms with Crippen LogP contribution in [0.1, 0.15) is 110 Å².